The molecule has 2 aliphatic heterocycles. The number of nitrogens with zero attached hydrogens (tertiary/aromatic N) is 1. The van der Waals surface area contributed by atoms with Crippen LogP contribution in [0, 0.1) is 12.3 Å². The Morgan fingerprint density at radius 2 is 2.11 bits per heavy atom. The summed E-state index contributed by atoms with van der Waals surface area (Å²) in [7, 11) is 0. The molecule has 98 valence electrons. The highest BCUT2D eigenvalue weighted by Crippen LogP contribution is 2.42. The van der Waals surface area contributed by atoms with Crippen molar-refractivity contribution >= 4 is 0 Å². The third kappa shape index (κ3) is 2.43. The average molecular weight is 246 g/mol. The van der Waals surface area contributed by atoms with Crippen molar-refractivity contribution in [1.29, 1.82) is 0 Å². The van der Waals surface area contributed by atoms with Gasteiger partial charge in [0.1, 0.15) is 0 Å². The van der Waals surface area contributed by atoms with Crippen LogP contribution in [0.15, 0.2) is 18.3 Å². The number of hydrogen-bond acceptors (Lipinski definition) is 3. The lowest BCUT2D eigenvalue weighted by molar-refractivity contribution is -0.0762. The van der Waals surface area contributed by atoms with Gasteiger partial charge in [-0.3, -0.25) is 4.98 Å². The van der Waals surface area contributed by atoms with Gasteiger partial charge in [-0.15, -0.1) is 0 Å². The molecule has 0 saturated carbocycles. The van der Waals surface area contributed by atoms with E-state index in [-0.39, 0.29) is 6.10 Å². The minimum absolute atomic E-state index is 0.263. The van der Waals surface area contributed by atoms with E-state index in [2.05, 4.69) is 22.4 Å². The normalized spacial score (nSPS) is 27.3. The molecule has 2 saturated heterocycles. The number of hydrogen-bond donors (Lipinski definition) is 1. The van der Waals surface area contributed by atoms with Crippen LogP contribution in [0.25, 0.3) is 0 Å². The predicted octanol–water partition coefficient (Wildman–Crippen LogP) is 2.61. The maximum absolute atomic E-state index is 6.13. The topological polar surface area (TPSA) is 34.1 Å². The van der Waals surface area contributed by atoms with Crippen LogP contribution in [-0.2, 0) is 4.74 Å². The summed E-state index contributed by atoms with van der Waals surface area (Å²) in [5, 5.41) is 3.44. The zero-order valence-corrected chi connectivity index (χ0v) is 11.1. The van der Waals surface area contributed by atoms with Gasteiger partial charge in [0.15, 0.2) is 0 Å². The highest BCUT2D eigenvalue weighted by Gasteiger charge is 2.37. The Balaban J connectivity index is 1.64. The second-order valence-electron chi connectivity index (χ2n) is 5.82. The van der Waals surface area contributed by atoms with Crippen molar-refractivity contribution < 1.29 is 4.74 Å². The molecule has 2 aliphatic rings. The number of aryl methyl sites for hydroxylation is 1. The number of aromatic nitrogens is 1. The van der Waals surface area contributed by atoms with Crippen molar-refractivity contribution in [3.8, 4) is 0 Å². The minimum atomic E-state index is 0.263. The van der Waals surface area contributed by atoms with E-state index in [0.717, 1.165) is 31.8 Å². The highest BCUT2D eigenvalue weighted by atomic mass is 16.5. The molecular formula is C15H22N2O. The molecule has 3 nitrogen and oxygen atoms in total. The van der Waals surface area contributed by atoms with E-state index >= 15 is 0 Å². The zero-order chi connectivity index (χ0) is 12.4. The van der Waals surface area contributed by atoms with Crippen LogP contribution in [0.4, 0.5) is 0 Å². The van der Waals surface area contributed by atoms with Gasteiger partial charge in [-0.25, -0.2) is 0 Å². The van der Waals surface area contributed by atoms with E-state index < -0.39 is 0 Å². The molecule has 0 bridgehead atoms. The number of nitrogens with one attached hydrogen (secondary N) is 1. The van der Waals surface area contributed by atoms with Gasteiger partial charge in [-0.05, 0) is 62.7 Å². The van der Waals surface area contributed by atoms with Crippen molar-refractivity contribution in [1.82, 2.24) is 10.3 Å². The van der Waals surface area contributed by atoms with Crippen molar-refractivity contribution in [3.05, 3.63) is 29.6 Å². The van der Waals surface area contributed by atoms with Gasteiger partial charge < -0.3 is 10.1 Å². The lowest BCUT2D eigenvalue weighted by Crippen LogP contribution is -2.42. The summed E-state index contributed by atoms with van der Waals surface area (Å²) in [6, 6.07) is 4.24. The maximum atomic E-state index is 6.13. The van der Waals surface area contributed by atoms with Gasteiger partial charge in [-0.1, -0.05) is 6.07 Å². The molecule has 1 spiro atoms. The molecule has 18 heavy (non-hydrogen) atoms. The predicted molar refractivity (Wildman–Crippen MR) is 71.4 cm³/mol. The Morgan fingerprint density at radius 3 is 2.72 bits per heavy atom. The van der Waals surface area contributed by atoms with E-state index in [1.807, 2.05) is 13.1 Å². The molecule has 3 rings (SSSR count). The molecular weight excluding hydrogens is 224 g/mol. The fourth-order valence-electron chi connectivity index (χ4n) is 3.15. The lowest BCUT2D eigenvalue weighted by atomic mass is 9.73. The quantitative estimate of drug-likeness (QED) is 0.827. The molecule has 0 aliphatic carbocycles. The molecule has 2 fully saturated rings. The summed E-state index contributed by atoms with van der Waals surface area (Å²) in [5.41, 5.74) is 2.77. The van der Waals surface area contributed by atoms with Gasteiger partial charge >= 0.3 is 0 Å². The van der Waals surface area contributed by atoms with Crippen LogP contribution in [0.2, 0.25) is 0 Å². The van der Waals surface area contributed by atoms with Crippen LogP contribution < -0.4 is 5.32 Å². The van der Waals surface area contributed by atoms with Crippen molar-refractivity contribution in [3.63, 3.8) is 0 Å². The van der Waals surface area contributed by atoms with Crippen LogP contribution in [0.1, 0.15) is 43.0 Å². The highest BCUT2D eigenvalue weighted by molar-refractivity contribution is 5.16. The van der Waals surface area contributed by atoms with Crippen LogP contribution in [0.5, 0.6) is 0 Å². The molecule has 0 radical (unpaired) electrons. The first-order valence-corrected chi connectivity index (χ1v) is 7.02. The van der Waals surface area contributed by atoms with Crippen molar-refractivity contribution in [2.75, 3.05) is 19.7 Å². The van der Waals surface area contributed by atoms with Gasteiger partial charge in [-0.2, -0.15) is 0 Å². The SMILES string of the molecule is Cc1ccc(C2CCC3(CCNCC3)CO2)cn1. The zero-order valence-electron chi connectivity index (χ0n) is 11.1. The van der Waals surface area contributed by atoms with Crippen molar-refractivity contribution in [2.45, 2.75) is 38.7 Å². The van der Waals surface area contributed by atoms with Crippen LogP contribution in [0.3, 0.4) is 0 Å². The molecule has 1 unspecified atom stereocenters. The fourth-order valence-corrected chi connectivity index (χ4v) is 3.15. The van der Waals surface area contributed by atoms with Crippen LogP contribution in [-0.4, -0.2) is 24.7 Å². The number of pyridine rings is 1. The van der Waals surface area contributed by atoms with Gasteiger partial charge in [0.05, 0.1) is 12.7 Å². The second-order valence-corrected chi connectivity index (χ2v) is 5.82. The molecule has 0 aromatic carbocycles. The summed E-state index contributed by atoms with van der Waals surface area (Å²) in [5.74, 6) is 0. The Labute approximate surface area is 109 Å². The number of ether oxygens (including phenoxy) is 1. The van der Waals surface area contributed by atoms with Crippen LogP contribution >= 0.6 is 0 Å². The molecule has 3 heterocycles. The van der Waals surface area contributed by atoms with Gasteiger partial charge in [0.25, 0.3) is 0 Å². The Morgan fingerprint density at radius 1 is 1.28 bits per heavy atom. The Kier molecular flexibility index (Phi) is 3.35. The largest absolute Gasteiger partial charge is 0.373 e. The molecule has 1 atom stereocenters. The molecule has 0 amide bonds. The summed E-state index contributed by atoms with van der Waals surface area (Å²) in [6.45, 7) is 5.25. The lowest BCUT2D eigenvalue weighted by Gasteiger charge is -2.43. The monoisotopic (exact) mass is 246 g/mol. The summed E-state index contributed by atoms with van der Waals surface area (Å²) in [4.78, 5) is 4.37. The third-order valence-electron chi connectivity index (χ3n) is 4.50. The summed E-state index contributed by atoms with van der Waals surface area (Å²) >= 11 is 0. The van der Waals surface area contributed by atoms with Gasteiger partial charge in [0, 0.05) is 11.9 Å². The molecule has 1 aromatic heterocycles. The van der Waals surface area contributed by atoms with Crippen molar-refractivity contribution in [2.24, 2.45) is 5.41 Å². The first kappa shape index (κ1) is 12.1. The van der Waals surface area contributed by atoms with E-state index in [4.69, 9.17) is 4.74 Å². The Hall–Kier alpha value is -0.930. The number of rotatable bonds is 1. The molecule has 3 heteroatoms. The number of piperidine rings is 1. The fraction of sp³-hybridized carbons (Fsp3) is 0.667. The maximum Gasteiger partial charge on any atom is 0.0840 e. The smallest absolute Gasteiger partial charge is 0.0840 e. The summed E-state index contributed by atoms with van der Waals surface area (Å²) in [6.07, 6.45) is 7.22. The average Bonchev–Trinajstić information content (AvgIpc) is 2.42. The standard InChI is InChI=1S/C15H22N2O/c1-12-2-3-13(10-17-12)14-4-5-15(11-18-14)6-8-16-9-7-15/h2-3,10,14,16H,4-9,11H2,1H3. The van der Waals surface area contributed by atoms with E-state index in [1.165, 1.54) is 24.8 Å². The first-order valence-electron chi connectivity index (χ1n) is 7.02. The van der Waals surface area contributed by atoms with E-state index in [0.29, 0.717) is 5.41 Å². The Bertz CT molecular complexity index is 385. The summed E-state index contributed by atoms with van der Waals surface area (Å²) < 4.78 is 6.13. The van der Waals surface area contributed by atoms with E-state index in [9.17, 15) is 0 Å². The minimum Gasteiger partial charge on any atom is -0.373 e. The molecule has 1 N–H and O–H groups in total. The van der Waals surface area contributed by atoms with Gasteiger partial charge in [0.2, 0.25) is 0 Å². The first-order chi connectivity index (χ1) is 8.77. The third-order valence-corrected chi connectivity index (χ3v) is 4.50. The second kappa shape index (κ2) is 4.98. The molecule has 1 aromatic rings. The van der Waals surface area contributed by atoms with E-state index in [1.54, 1.807) is 0 Å².